The van der Waals surface area contributed by atoms with E-state index in [1.165, 1.54) is 70.9 Å². The second-order valence-electron chi connectivity index (χ2n) is 7.42. The Bertz CT molecular complexity index is 300. The lowest BCUT2D eigenvalue weighted by Crippen LogP contribution is -2.44. The molecule has 0 aromatic heterocycles. The average Bonchev–Trinajstić information content (AvgIpc) is 3.26. The van der Waals surface area contributed by atoms with Crippen molar-refractivity contribution in [3.05, 3.63) is 0 Å². The van der Waals surface area contributed by atoms with E-state index in [-0.39, 0.29) is 0 Å². The fourth-order valence-electron chi connectivity index (χ4n) is 4.72. The SMILES string of the molecule is C1CNC(C2CCCC2NCC2(C3CC3)CC2)C1. The lowest BCUT2D eigenvalue weighted by Gasteiger charge is -2.28. The Morgan fingerprint density at radius 1 is 1.00 bits per heavy atom. The summed E-state index contributed by atoms with van der Waals surface area (Å²) in [5.74, 6) is 2.04. The van der Waals surface area contributed by atoms with Crippen LogP contribution in [0.3, 0.4) is 0 Å². The molecule has 0 spiro atoms. The van der Waals surface area contributed by atoms with Crippen molar-refractivity contribution in [1.29, 1.82) is 0 Å². The van der Waals surface area contributed by atoms with Crippen LogP contribution < -0.4 is 10.6 Å². The predicted molar refractivity (Wildman–Crippen MR) is 74.5 cm³/mol. The van der Waals surface area contributed by atoms with E-state index >= 15 is 0 Å². The molecule has 3 aliphatic carbocycles. The minimum Gasteiger partial charge on any atom is -0.314 e. The van der Waals surface area contributed by atoms with Crippen LogP contribution in [-0.2, 0) is 0 Å². The van der Waals surface area contributed by atoms with Crippen molar-refractivity contribution in [2.45, 2.75) is 69.9 Å². The molecule has 3 atom stereocenters. The highest BCUT2D eigenvalue weighted by Gasteiger charge is 2.53. The third-order valence-electron chi connectivity index (χ3n) is 6.24. The molecule has 1 aliphatic heterocycles. The second kappa shape index (κ2) is 4.49. The van der Waals surface area contributed by atoms with Gasteiger partial charge in [-0.2, -0.15) is 0 Å². The van der Waals surface area contributed by atoms with E-state index in [4.69, 9.17) is 0 Å². The molecule has 0 bridgehead atoms. The zero-order valence-electron chi connectivity index (χ0n) is 11.6. The van der Waals surface area contributed by atoms with Gasteiger partial charge in [0.1, 0.15) is 0 Å². The van der Waals surface area contributed by atoms with Gasteiger partial charge < -0.3 is 10.6 Å². The van der Waals surface area contributed by atoms with Gasteiger partial charge >= 0.3 is 0 Å². The Balaban J connectivity index is 1.32. The molecule has 102 valence electrons. The van der Waals surface area contributed by atoms with Crippen molar-refractivity contribution in [3.8, 4) is 0 Å². The Hall–Kier alpha value is -0.0800. The smallest absolute Gasteiger partial charge is 0.0111 e. The van der Waals surface area contributed by atoms with Crippen LogP contribution in [0, 0.1) is 17.3 Å². The molecule has 2 nitrogen and oxygen atoms in total. The summed E-state index contributed by atoms with van der Waals surface area (Å²) in [5.41, 5.74) is 0.774. The van der Waals surface area contributed by atoms with Crippen molar-refractivity contribution in [3.63, 3.8) is 0 Å². The van der Waals surface area contributed by atoms with Crippen LogP contribution in [0.2, 0.25) is 0 Å². The normalized spacial score (nSPS) is 42.3. The summed E-state index contributed by atoms with van der Waals surface area (Å²) in [5, 5.41) is 7.73. The largest absolute Gasteiger partial charge is 0.314 e. The van der Waals surface area contributed by atoms with E-state index in [9.17, 15) is 0 Å². The van der Waals surface area contributed by atoms with Crippen molar-refractivity contribution >= 4 is 0 Å². The van der Waals surface area contributed by atoms with Crippen molar-refractivity contribution in [2.75, 3.05) is 13.1 Å². The number of rotatable bonds is 5. The van der Waals surface area contributed by atoms with Crippen molar-refractivity contribution < 1.29 is 0 Å². The monoisotopic (exact) mass is 248 g/mol. The lowest BCUT2D eigenvalue weighted by molar-refractivity contribution is 0.291. The first-order chi connectivity index (χ1) is 8.87. The minimum atomic E-state index is 0.774. The Morgan fingerprint density at radius 2 is 1.89 bits per heavy atom. The predicted octanol–water partition coefficient (Wildman–Crippen LogP) is 2.69. The molecule has 4 fully saturated rings. The first kappa shape index (κ1) is 11.7. The van der Waals surface area contributed by atoms with Crippen LogP contribution in [-0.4, -0.2) is 25.2 Å². The highest BCUT2D eigenvalue weighted by molar-refractivity contribution is 5.06. The maximum absolute atomic E-state index is 3.99. The van der Waals surface area contributed by atoms with E-state index in [0.717, 1.165) is 29.3 Å². The van der Waals surface area contributed by atoms with Gasteiger partial charge in [0.2, 0.25) is 0 Å². The van der Waals surface area contributed by atoms with Crippen LogP contribution in [0.15, 0.2) is 0 Å². The molecular weight excluding hydrogens is 220 g/mol. The van der Waals surface area contributed by atoms with E-state index in [1.807, 2.05) is 0 Å². The lowest BCUT2D eigenvalue weighted by atomic mass is 9.92. The number of hydrogen-bond donors (Lipinski definition) is 2. The van der Waals surface area contributed by atoms with Gasteiger partial charge in [0.05, 0.1) is 0 Å². The van der Waals surface area contributed by atoms with Gasteiger partial charge in [-0.3, -0.25) is 0 Å². The number of nitrogens with one attached hydrogen (secondary N) is 2. The van der Waals surface area contributed by atoms with Crippen molar-refractivity contribution in [1.82, 2.24) is 10.6 Å². The van der Waals surface area contributed by atoms with Gasteiger partial charge in [0.25, 0.3) is 0 Å². The molecule has 3 unspecified atom stereocenters. The maximum atomic E-state index is 3.99. The van der Waals surface area contributed by atoms with Crippen LogP contribution in [0.25, 0.3) is 0 Å². The molecule has 1 heterocycles. The van der Waals surface area contributed by atoms with Gasteiger partial charge in [-0.1, -0.05) is 6.42 Å². The molecule has 0 aromatic rings. The Kier molecular flexibility index (Phi) is 2.92. The third kappa shape index (κ3) is 2.12. The van der Waals surface area contributed by atoms with E-state index in [0.29, 0.717) is 0 Å². The maximum Gasteiger partial charge on any atom is 0.0111 e. The van der Waals surface area contributed by atoms with Crippen molar-refractivity contribution in [2.24, 2.45) is 17.3 Å². The average molecular weight is 248 g/mol. The summed E-state index contributed by atoms with van der Waals surface area (Å²) < 4.78 is 0. The standard InChI is InChI=1S/C16H28N2/c1-3-13(14-5-2-10-17-14)15(4-1)18-11-16(8-9-16)12-6-7-12/h12-15,17-18H,1-11H2. The fraction of sp³-hybridized carbons (Fsp3) is 1.00. The molecule has 3 saturated carbocycles. The molecule has 0 aromatic carbocycles. The topological polar surface area (TPSA) is 24.1 Å². The summed E-state index contributed by atoms with van der Waals surface area (Å²) in [6.07, 6.45) is 13.3. The molecule has 0 radical (unpaired) electrons. The molecule has 0 amide bonds. The molecule has 4 aliphatic rings. The summed E-state index contributed by atoms with van der Waals surface area (Å²) in [7, 11) is 0. The molecule has 4 rings (SSSR count). The zero-order valence-corrected chi connectivity index (χ0v) is 11.6. The van der Waals surface area contributed by atoms with Crippen LogP contribution in [0.4, 0.5) is 0 Å². The van der Waals surface area contributed by atoms with Gasteiger partial charge in [-0.15, -0.1) is 0 Å². The van der Waals surface area contributed by atoms with Crippen LogP contribution in [0.5, 0.6) is 0 Å². The van der Waals surface area contributed by atoms with Gasteiger partial charge in [-0.05, 0) is 75.2 Å². The molecule has 2 N–H and O–H groups in total. The molecule has 1 saturated heterocycles. The molecular formula is C16H28N2. The summed E-state index contributed by atoms with van der Waals surface area (Å²) in [6, 6.07) is 1.66. The summed E-state index contributed by atoms with van der Waals surface area (Å²) >= 11 is 0. The first-order valence-electron chi connectivity index (χ1n) is 8.34. The number of hydrogen-bond acceptors (Lipinski definition) is 2. The summed E-state index contributed by atoms with van der Waals surface area (Å²) in [4.78, 5) is 0. The van der Waals surface area contributed by atoms with Crippen LogP contribution >= 0.6 is 0 Å². The van der Waals surface area contributed by atoms with E-state index < -0.39 is 0 Å². The summed E-state index contributed by atoms with van der Waals surface area (Å²) in [6.45, 7) is 2.60. The van der Waals surface area contributed by atoms with Gasteiger partial charge in [0, 0.05) is 18.6 Å². The third-order valence-corrected chi connectivity index (χ3v) is 6.24. The molecule has 2 heteroatoms. The highest BCUT2D eigenvalue weighted by atomic mass is 15.0. The quantitative estimate of drug-likeness (QED) is 0.781. The zero-order chi connectivity index (χ0) is 12.0. The van der Waals surface area contributed by atoms with Crippen LogP contribution in [0.1, 0.15) is 57.8 Å². The van der Waals surface area contributed by atoms with E-state index in [1.54, 1.807) is 0 Å². The fourth-order valence-corrected chi connectivity index (χ4v) is 4.72. The minimum absolute atomic E-state index is 0.774. The van der Waals surface area contributed by atoms with E-state index in [2.05, 4.69) is 10.6 Å². The second-order valence-corrected chi connectivity index (χ2v) is 7.42. The molecule has 18 heavy (non-hydrogen) atoms. The Morgan fingerprint density at radius 3 is 2.56 bits per heavy atom. The van der Waals surface area contributed by atoms with Gasteiger partial charge in [0.15, 0.2) is 0 Å². The highest BCUT2D eigenvalue weighted by Crippen LogP contribution is 2.61. The Labute approximate surface area is 111 Å². The van der Waals surface area contributed by atoms with Gasteiger partial charge in [-0.25, -0.2) is 0 Å². The first-order valence-corrected chi connectivity index (χ1v) is 8.34.